The van der Waals surface area contributed by atoms with E-state index in [1.54, 1.807) is 6.20 Å². The van der Waals surface area contributed by atoms with Crippen LogP contribution < -0.4 is 4.90 Å². The van der Waals surface area contributed by atoms with E-state index in [0.717, 1.165) is 43.4 Å². The number of aliphatic hydroxyl groups is 1. The molecule has 1 aromatic carbocycles. The zero-order valence-electron chi connectivity index (χ0n) is 12.3. The van der Waals surface area contributed by atoms with E-state index in [9.17, 15) is 0 Å². The first-order valence-corrected chi connectivity index (χ1v) is 6.88. The van der Waals surface area contributed by atoms with Crippen LogP contribution in [-0.4, -0.2) is 43.0 Å². The van der Waals surface area contributed by atoms with Crippen molar-refractivity contribution in [2.24, 2.45) is 0 Å². The van der Waals surface area contributed by atoms with Crippen molar-refractivity contribution in [1.82, 2.24) is 4.98 Å². The second-order valence-electron chi connectivity index (χ2n) is 4.77. The summed E-state index contributed by atoms with van der Waals surface area (Å²) in [5.74, 6) is 0. The summed E-state index contributed by atoms with van der Waals surface area (Å²) in [7, 11) is 1.00. The van der Waals surface area contributed by atoms with Gasteiger partial charge in [-0.3, -0.25) is 4.98 Å². The van der Waals surface area contributed by atoms with E-state index in [2.05, 4.69) is 22.9 Å². The van der Waals surface area contributed by atoms with Crippen LogP contribution in [0.1, 0.15) is 12.5 Å². The van der Waals surface area contributed by atoms with Gasteiger partial charge in [-0.2, -0.15) is 5.26 Å². The van der Waals surface area contributed by atoms with Crippen molar-refractivity contribution in [3.8, 4) is 6.07 Å². The van der Waals surface area contributed by atoms with E-state index in [4.69, 9.17) is 15.1 Å². The molecule has 0 bridgehead atoms. The van der Waals surface area contributed by atoms with Crippen molar-refractivity contribution in [2.75, 3.05) is 31.7 Å². The van der Waals surface area contributed by atoms with Crippen LogP contribution in [0.3, 0.4) is 0 Å². The van der Waals surface area contributed by atoms with Crippen LogP contribution in [-0.2, 0) is 4.74 Å². The molecule has 1 N–H and O–H groups in total. The van der Waals surface area contributed by atoms with Gasteiger partial charge in [-0.1, -0.05) is 0 Å². The minimum absolute atomic E-state index is 0.233. The van der Waals surface area contributed by atoms with Crippen molar-refractivity contribution in [3.05, 3.63) is 36.0 Å². The van der Waals surface area contributed by atoms with Crippen LogP contribution in [0.15, 0.2) is 30.5 Å². The largest absolute Gasteiger partial charge is 0.400 e. The lowest BCUT2D eigenvalue weighted by atomic mass is 10.1. The van der Waals surface area contributed by atoms with Crippen LogP contribution in [0, 0.1) is 11.3 Å². The topological polar surface area (TPSA) is 69.4 Å². The molecule has 0 radical (unpaired) electrons. The predicted octanol–water partition coefficient (Wildman–Crippen LogP) is 1.94. The summed E-state index contributed by atoms with van der Waals surface area (Å²) in [5.41, 5.74) is 2.54. The van der Waals surface area contributed by atoms with Crippen molar-refractivity contribution < 1.29 is 9.84 Å². The van der Waals surface area contributed by atoms with Gasteiger partial charge in [-0.05, 0) is 31.2 Å². The third-order valence-electron chi connectivity index (χ3n) is 3.45. The first-order valence-electron chi connectivity index (χ1n) is 6.88. The Labute approximate surface area is 124 Å². The number of rotatable bonds is 1. The van der Waals surface area contributed by atoms with Gasteiger partial charge in [0.1, 0.15) is 6.07 Å². The molecule has 2 aromatic rings. The minimum Gasteiger partial charge on any atom is -0.400 e. The van der Waals surface area contributed by atoms with Gasteiger partial charge in [0.25, 0.3) is 0 Å². The molecule has 1 aliphatic heterocycles. The Bertz CT molecular complexity index is 652. The molecule has 0 spiro atoms. The fourth-order valence-corrected chi connectivity index (χ4v) is 2.56. The molecule has 1 aromatic heterocycles. The highest BCUT2D eigenvalue weighted by molar-refractivity contribution is 5.95. The SMILES string of the molecule is CC1CN(c2ccc(C#N)c3ncccc23)CCO1.CO. The highest BCUT2D eigenvalue weighted by atomic mass is 16.5. The smallest absolute Gasteiger partial charge is 0.101 e. The lowest BCUT2D eigenvalue weighted by molar-refractivity contribution is 0.0533. The number of hydrogen-bond donors (Lipinski definition) is 1. The third-order valence-corrected chi connectivity index (χ3v) is 3.45. The fraction of sp³-hybridized carbons (Fsp3) is 0.375. The molecule has 0 aliphatic carbocycles. The number of morpholine rings is 1. The predicted molar refractivity (Wildman–Crippen MR) is 82.2 cm³/mol. The lowest BCUT2D eigenvalue weighted by Crippen LogP contribution is -2.41. The van der Waals surface area contributed by atoms with E-state index < -0.39 is 0 Å². The molecule has 5 heteroatoms. The van der Waals surface area contributed by atoms with Gasteiger partial charge in [0.2, 0.25) is 0 Å². The van der Waals surface area contributed by atoms with Crippen LogP contribution in [0.4, 0.5) is 5.69 Å². The number of nitriles is 1. The second kappa shape index (κ2) is 7.02. The highest BCUT2D eigenvalue weighted by Gasteiger charge is 2.19. The zero-order valence-corrected chi connectivity index (χ0v) is 12.3. The zero-order chi connectivity index (χ0) is 15.2. The fourth-order valence-electron chi connectivity index (χ4n) is 2.56. The van der Waals surface area contributed by atoms with Crippen molar-refractivity contribution >= 4 is 16.6 Å². The number of ether oxygens (including phenoxy) is 1. The van der Waals surface area contributed by atoms with Gasteiger partial charge in [-0.15, -0.1) is 0 Å². The number of nitrogens with zero attached hydrogens (tertiary/aromatic N) is 3. The summed E-state index contributed by atoms with van der Waals surface area (Å²) in [5, 5.41) is 17.2. The maximum Gasteiger partial charge on any atom is 0.101 e. The minimum atomic E-state index is 0.233. The number of pyridine rings is 1. The monoisotopic (exact) mass is 285 g/mol. The molecule has 110 valence electrons. The Balaban J connectivity index is 0.000000774. The Hall–Kier alpha value is -2.16. The summed E-state index contributed by atoms with van der Waals surface area (Å²) in [6, 6.07) is 10.0. The van der Waals surface area contributed by atoms with Gasteiger partial charge >= 0.3 is 0 Å². The van der Waals surface area contributed by atoms with Gasteiger partial charge in [0, 0.05) is 37.5 Å². The Morgan fingerprint density at radius 2 is 2.19 bits per heavy atom. The van der Waals surface area contributed by atoms with Crippen LogP contribution >= 0.6 is 0 Å². The van der Waals surface area contributed by atoms with Gasteiger partial charge in [0.05, 0.1) is 23.8 Å². The van der Waals surface area contributed by atoms with Crippen LogP contribution in [0.2, 0.25) is 0 Å². The number of fused-ring (bicyclic) bond motifs is 1. The summed E-state index contributed by atoms with van der Waals surface area (Å²) in [4.78, 5) is 6.65. The van der Waals surface area contributed by atoms with E-state index in [0.29, 0.717) is 5.56 Å². The summed E-state index contributed by atoms with van der Waals surface area (Å²) < 4.78 is 5.58. The molecule has 1 unspecified atom stereocenters. The normalized spacial score (nSPS) is 17.8. The van der Waals surface area contributed by atoms with Gasteiger partial charge in [-0.25, -0.2) is 0 Å². The number of hydrogen-bond acceptors (Lipinski definition) is 5. The molecule has 1 saturated heterocycles. The van der Waals surface area contributed by atoms with E-state index in [-0.39, 0.29) is 6.10 Å². The van der Waals surface area contributed by atoms with Gasteiger partial charge in [0.15, 0.2) is 0 Å². The molecule has 1 fully saturated rings. The lowest BCUT2D eigenvalue weighted by Gasteiger charge is -2.33. The van der Waals surface area contributed by atoms with Crippen molar-refractivity contribution in [3.63, 3.8) is 0 Å². The Morgan fingerprint density at radius 1 is 1.38 bits per heavy atom. The molecular formula is C16H19N3O2. The van der Waals surface area contributed by atoms with Crippen LogP contribution in [0.5, 0.6) is 0 Å². The number of aliphatic hydroxyl groups excluding tert-OH is 1. The van der Waals surface area contributed by atoms with E-state index in [1.165, 1.54) is 0 Å². The van der Waals surface area contributed by atoms with E-state index >= 15 is 0 Å². The molecule has 2 heterocycles. The maximum absolute atomic E-state index is 9.16. The number of anilines is 1. The molecule has 21 heavy (non-hydrogen) atoms. The standard InChI is InChI=1S/C15H15N3O.CH4O/c1-11-10-18(7-8-19-11)14-5-4-12(9-16)15-13(14)3-2-6-17-15;1-2/h2-6,11H,7-8,10H2,1H3;2H,1H3. The summed E-state index contributed by atoms with van der Waals surface area (Å²) in [6.45, 7) is 4.56. The number of benzene rings is 1. The average molecular weight is 285 g/mol. The molecule has 1 aliphatic rings. The van der Waals surface area contributed by atoms with E-state index in [1.807, 2.05) is 24.3 Å². The molecule has 5 nitrogen and oxygen atoms in total. The maximum atomic E-state index is 9.16. The van der Waals surface area contributed by atoms with Crippen molar-refractivity contribution in [1.29, 1.82) is 5.26 Å². The van der Waals surface area contributed by atoms with Gasteiger partial charge < -0.3 is 14.7 Å². The molecule has 0 amide bonds. The summed E-state index contributed by atoms with van der Waals surface area (Å²) >= 11 is 0. The Kier molecular flexibility index (Phi) is 5.09. The van der Waals surface area contributed by atoms with Crippen LogP contribution in [0.25, 0.3) is 10.9 Å². The first-order chi connectivity index (χ1) is 10.3. The molecule has 3 rings (SSSR count). The molecule has 1 atom stereocenters. The quantitative estimate of drug-likeness (QED) is 0.867. The van der Waals surface area contributed by atoms with Crippen molar-refractivity contribution in [2.45, 2.75) is 13.0 Å². The third kappa shape index (κ3) is 3.13. The summed E-state index contributed by atoms with van der Waals surface area (Å²) in [6.07, 6.45) is 1.96. The first kappa shape index (κ1) is 15.2. The Morgan fingerprint density at radius 3 is 2.90 bits per heavy atom. The number of aromatic nitrogens is 1. The molecular weight excluding hydrogens is 266 g/mol. The highest BCUT2D eigenvalue weighted by Crippen LogP contribution is 2.29. The second-order valence-corrected chi connectivity index (χ2v) is 4.77. The average Bonchev–Trinajstić information content (AvgIpc) is 2.55. The molecule has 0 saturated carbocycles.